The Labute approximate surface area is 184 Å². The summed E-state index contributed by atoms with van der Waals surface area (Å²) in [5.41, 5.74) is 0.447. The van der Waals surface area contributed by atoms with Crippen LogP contribution in [0, 0.1) is 0 Å². The maximum absolute atomic E-state index is 13.1. The van der Waals surface area contributed by atoms with Crippen molar-refractivity contribution in [3.8, 4) is 0 Å². The molecule has 0 aromatic carbocycles. The number of alkyl halides is 3. The van der Waals surface area contributed by atoms with E-state index in [2.05, 4.69) is 31.2 Å². The fraction of sp³-hybridized carbons (Fsp3) is 0.368. The number of pyridine rings is 2. The van der Waals surface area contributed by atoms with E-state index in [0.717, 1.165) is 11.4 Å². The number of carbonyl (C=O) groups excluding carboxylic acids is 2. The number of amides is 3. The number of halogens is 4. The Balaban J connectivity index is 1.63. The molecule has 164 valence electrons. The lowest BCUT2D eigenvalue weighted by Gasteiger charge is -2.35. The zero-order valence-electron chi connectivity index (χ0n) is 16.3. The van der Waals surface area contributed by atoms with E-state index in [1.165, 1.54) is 17.2 Å². The lowest BCUT2D eigenvalue weighted by molar-refractivity contribution is -0.149. The molecule has 2 aromatic heterocycles. The number of fused-ring (bicyclic) bond motifs is 4. The monoisotopic (exact) mass is 498 g/mol. The SMILES string of the molecule is C[C@@H](NC(=O)c1ccc2c(n1)N(C(=O)Nc1cc(Br)ccn1)[C@H]1CCN2C1)C(F)(F)F. The maximum Gasteiger partial charge on any atom is 0.408 e. The Morgan fingerprint density at radius 3 is 2.77 bits per heavy atom. The number of hydrogen-bond donors (Lipinski definition) is 2. The zero-order valence-corrected chi connectivity index (χ0v) is 17.9. The van der Waals surface area contributed by atoms with Crippen molar-refractivity contribution in [2.45, 2.75) is 31.6 Å². The van der Waals surface area contributed by atoms with Gasteiger partial charge in [0.2, 0.25) is 0 Å². The molecular weight excluding hydrogens is 481 g/mol. The highest BCUT2D eigenvalue weighted by atomic mass is 79.9. The van der Waals surface area contributed by atoms with Gasteiger partial charge in [0.15, 0.2) is 5.82 Å². The number of nitrogens with zero attached hydrogens (tertiary/aromatic N) is 4. The molecule has 1 fully saturated rings. The third kappa shape index (κ3) is 4.29. The molecule has 2 bridgehead atoms. The summed E-state index contributed by atoms with van der Waals surface area (Å²) >= 11 is 3.32. The van der Waals surface area contributed by atoms with Gasteiger partial charge >= 0.3 is 12.2 Å². The van der Waals surface area contributed by atoms with Gasteiger partial charge in [-0.15, -0.1) is 0 Å². The van der Waals surface area contributed by atoms with Crippen molar-refractivity contribution in [1.29, 1.82) is 0 Å². The summed E-state index contributed by atoms with van der Waals surface area (Å²) < 4.78 is 39.1. The Hall–Kier alpha value is -2.89. The lowest BCUT2D eigenvalue weighted by Crippen LogP contribution is -2.49. The first kappa shape index (κ1) is 21.3. The smallest absolute Gasteiger partial charge is 0.366 e. The van der Waals surface area contributed by atoms with Crippen molar-refractivity contribution in [2.24, 2.45) is 0 Å². The molecule has 2 aliphatic heterocycles. The molecule has 0 aliphatic carbocycles. The van der Waals surface area contributed by atoms with Crippen molar-refractivity contribution < 1.29 is 22.8 Å². The summed E-state index contributed by atoms with van der Waals surface area (Å²) in [6.07, 6.45) is -2.34. The Kier molecular flexibility index (Phi) is 5.50. The summed E-state index contributed by atoms with van der Waals surface area (Å²) in [4.78, 5) is 37.3. The van der Waals surface area contributed by atoms with E-state index in [1.54, 1.807) is 18.2 Å². The average Bonchev–Trinajstić information content (AvgIpc) is 3.11. The Bertz CT molecular complexity index is 1030. The summed E-state index contributed by atoms with van der Waals surface area (Å²) in [5, 5.41) is 4.61. The molecule has 2 aliphatic rings. The second-order valence-corrected chi connectivity index (χ2v) is 8.24. The fourth-order valence-corrected chi connectivity index (χ4v) is 3.93. The first-order valence-electron chi connectivity index (χ1n) is 9.49. The van der Waals surface area contributed by atoms with E-state index in [4.69, 9.17) is 0 Å². The highest BCUT2D eigenvalue weighted by molar-refractivity contribution is 9.10. The summed E-state index contributed by atoms with van der Waals surface area (Å²) in [6, 6.07) is 3.64. The van der Waals surface area contributed by atoms with Crippen LogP contribution < -0.4 is 20.4 Å². The molecule has 0 saturated carbocycles. The van der Waals surface area contributed by atoms with Gasteiger partial charge in [-0.25, -0.2) is 14.8 Å². The van der Waals surface area contributed by atoms with Gasteiger partial charge < -0.3 is 10.2 Å². The van der Waals surface area contributed by atoms with E-state index in [-0.39, 0.29) is 17.6 Å². The van der Waals surface area contributed by atoms with Gasteiger partial charge in [0.05, 0.1) is 11.7 Å². The van der Waals surface area contributed by atoms with Crippen molar-refractivity contribution in [3.05, 3.63) is 40.6 Å². The van der Waals surface area contributed by atoms with Crippen LogP contribution in [-0.2, 0) is 0 Å². The third-order valence-corrected chi connectivity index (χ3v) is 5.69. The van der Waals surface area contributed by atoms with Crippen LogP contribution in [0.4, 0.5) is 35.3 Å². The molecule has 31 heavy (non-hydrogen) atoms. The van der Waals surface area contributed by atoms with E-state index in [0.29, 0.717) is 31.0 Å². The molecule has 0 spiro atoms. The minimum atomic E-state index is -4.57. The molecule has 2 aromatic rings. The van der Waals surface area contributed by atoms with Gasteiger partial charge in [0, 0.05) is 23.8 Å². The topological polar surface area (TPSA) is 90.5 Å². The van der Waals surface area contributed by atoms with Crippen molar-refractivity contribution in [2.75, 3.05) is 28.2 Å². The van der Waals surface area contributed by atoms with Crippen LogP contribution in [0.15, 0.2) is 34.9 Å². The first-order valence-corrected chi connectivity index (χ1v) is 10.3. The third-order valence-electron chi connectivity index (χ3n) is 5.20. The van der Waals surface area contributed by atoms with Crippen LogP contribution in [0.25, 0.3) is 0 Å². The van der Waals surface area contributed by atoms with Gasteiger partial charge in [0.1, 0.15) is 17.6 Å². The standard InChI is InChI=1S/C19H18BrF3N6O2/c1-10(19(21,22)23)25-17(30)13-2-3-14-16(26-13)29(12-5-7-28(14)9-12)18(31)27-15-8-11(20)4-6-24-15/h2-4,6,8,10,12H,5,7,9H2,1H3,(H,25,30)(H,24,27,31)/t10-,12+/m1/s1. The molecular formula is C19H18BrF3N6O2. The van der Waals surface area contributed by atoms with Crippen LogP contribution in [0.3, 0.4) is 0 Å². The van der Waals surface area contributed by atoms with Crippen LogP contribution in [-0.4, -0.2) is 53.3 Å². The molecule has 2 N–H and O–H groups in total. The Morgan fingerprint density at radius 2 is 2.06 bits per heavy atom. The molecule has 4 rings (SSSR count). The molecule has 12 heteroatoms. The number of rotatable bonds is 3. The summed E-state index contributed by atoms with van der Waals surface area (Å²) in [5.74, 6) is -0.405. The normalized spacial score (nSPS) is 18.4. The highest BCUT2D eigenvalue weighted by Gasteiger charge is 2.41. The second-order valence-electron chi connectivity index (χ2n) is 7.32. The van der Waals surface area contributed by atoms with E-state index >= 15 is 0 Å². The van der Waals surface area contributed by atoms with Gasteiger partial charge in [0.25, 0.3) is 5.91 Å². The molecule has 4 heterocycles. The summed E-state index contributed by atoms with van der Waals surface area (Å²) in [6.45, 7) is 2.16. The molecule has 2 atom stereocenters. The number of carbonyl (C=O) groups is 2. The maximum atomic E-state index is 13.1. The highest BCUT2D eigenvalue weighted by Crippen LogP contribution is 2.39. The zero-order chi connectivity index (χ0) is 22.3. The fourth-order valence-electron chi connectivity index (χ4n) is 3.59. The van der Waals surface area contributed by atoms with E-state index in [1.807, 2.05) is 10.2 Å². The van der Waals surface area contributed by atoms with E-state index < -0.39 is 24.2 Å². The van der Waals surface area contributed by atoms with Crippen molar-refractivity contribution in [1.82, 2.24) is 15.3 Å². The van der Waals surface area contributed by atoms with Crippen molar-refractivity contribution >= 4 is 45.2 Å². The number of hydrogen-bond acceptors (Lipinski definition) is 5. The van der Waals surface area contributed by atoms with Crippen LogP contribution >= 0.6 is 15.9 Å². The Morgan fingerprint density at radius 1 is 1.29 bits per heavy atom. The van der Waals surface area contributed by atoms with Gasteiger partial charge in [-0.1, -0.05) is 15.9 Å². The van der Waals surface area contributed by atoms with Crippen LogP contribution in [0.2, 0.25) is 0 Å². The number of aromatic nitrogens is 2. The predicted octanol–water partition coefficient (Wildman–Crippen LogP) is 3.55. The second kappa shape index (κ2) is 7.98. The largest absolute Gasteiger partial charge is 0.408 e. The quantitative estimate of drug-likeness (QED) is 0.675. The molecule has 1 saturated heterocycles. The number of urea groups is 1. The predicted molar refractivity (Wildman–Crippen MR) is 111 cm³/mol. The number of anilines is 3. The van der Waals surface area contributed by atoms with Crippen molar-refractivity contribution in [3.63, 3.8) is 0 Å². The molecule has 8 nitrogen and oxygen atoms in total. The van der Waals surface area contributed by atoms with Gasteiger partial charge in [-0.3, -0.25) is 15.0 Å². The van der Waals surface area contributed by atoms with Crippen LogP contribution in [0.1, 0.15) is 23.8 Å². The van der Waals surface area contributed by atoms with Gasteiger partial charge in [-0.2, -0.15) is 13.2 Å². The minimum absolute atomic E-state index is 0.181. The molecule has 3 amide bonds. The lowest BCUT2D eigenvalue weighted by atomic mass is 10.1. The summed E-state index contributed by atoms with van der Waals surface area (Å²) in [7, 11) is 0. The molecule has 0 radical (unpaired) electrons. The van der Waals surface area contributed by atoms with Gasteiger partial charge in [-0.05, 0) is 37.6 Å². The first-order chi connectivity index (χ1) is 14.6. The van der Waals surface area contributed by atoms with Crippen LogP contribution in [0.5, 0.6) is 0 Å². The number of nitrogens with one attached hydrogen (secondary N) is 2. The minimum Gasteiger partial charge on any atom is -0.366 e. The van der Waals surface area contributed by atoms with E-state index in [9.17, 15) is 22.8 Å². The molecule has 0 unspecified atom stereocenters. The average molecular weight is 499 g/mol.